The fourth-order valence-corrected chi connectivity index (χ4v) is 5.67. The molecule has 0 rings (SSSR count). The van der Waals surface area contributed by atoms with Crippen molar-refractivity contribution >= 4 is 79.4 Å². The molecule has 0 atom stereocenters. The van der Waals surface area contributed by atoms with Crippen LogP contribution in [0.25, 0.3) is 0 Å². The van der Waals surface area contributed by atoms with Gasteiger partial charge in [-0.1, -0.05) is 63.7 Å². The van der Waals surface area contributed by atoms with Crippen LogP contribution in [-0.4, -0.2) is 47.7 Å². The topological polar surface area (TPSA) is 80.3 Å². The smallest absolute Gasteiger partial charge is 0.286 e. The zero-order chi connectivity index (χ0) is 18.2. The summed E-state index contributed by atoms with van der Waals surface area (Å²) >= 11 is 12.5. The number of hydrogen-bond donors (Lipinski definition) is 0. The molecule has 0 unspecified atom stereocenters. The van der Waals surface area contributed by atoms with Crippen LogP contribution in [0.15, 0.2) is 13.2 Å². The van der Waals surface area contributed by atoms with Gasteiger partial charge in [-0.15, -0.1) is 13.2 Å². The highest BCUT2D eigenvalue weighted by Gasteiger charge is 2.40. The molecule has 7 nitrogen and oxygen atoms in total. The van der Waals surface area contributed by atoms with E-state index in [4.69, 9.17) is 22.4 Å². The van der Waals surface area contributed by atoms with Crippen LogP contribution in [0.1, 0.15) is 0 Å². The van der Waals surface area contributed by atoms with Gasteiger partial charge in [0.25, 0.3) is 0 Å². The number of rotatable bonds is 14. The van der Waals surface area contributed by atoms with Crippen LogP contribution in [0.4, 0.5) is 0 Å². The van der Waals surface area contributed by atoms with Crippen molar-refractivity contribution in [2.75, 3.05) is 47.7 Å². The molecule has 0 bridgehead atoms. The zero-order valence-electron chi connectivity index (χ0n) is 12.3. The Hall–Kier alpha value is 1.92. The predicted molar refractivity (Wildman–Crippen MR) is 107 cm³/mol. The largest absolute Gasteiger partial charge is 0.483 e. The Kier molecular flexibility index (Phi) is 20.5. The summed E-state index contributed by atoms with van der Waals surface area (Å²) in [5.74, 6) is 0. The lowest BCUT2D eigenvalue weighted by Crippen LogP contribution is -2.07. The monoisotopic (exact) mass is 630 g/mol. The van der Waals surface area contributed by atoms with Crippen molar-refractivity contribution in [1.82, 2.24) is 0 Å². The average molecular weight is 634 g/mol. The van der Waals surface area contributed by atoms with Gasteiger partial charge in [-0.25, -0.2) is 9.13 Å². The molecule has 23 heavy (non-hydrogen) atoms. The molecule has 0 aliphatic rings. The van der Waals surface area contributed by atoms with Crippen LogP contribution in [0.2, 0.25) is 0 Å². The minimum Gasteiger partial charge on any atom is -0.286 e. The first-order valence-electron chi connectivity index (χ1n) is 6.18. The highest BCUT2D eigenvalue weighted by Crippen LogP contribution is 2.65. The summed E-state index contributed by atoms with van der Waals surface area (Å²) in [5, 5.41) is 1.64. The van der Waals surface area contributed by atoms with Gasteiger partial charge in [0.1, 0.15) is 0 Å². The first-order chi connectivity index (χ1) is 10.9. The molecule has 13 heteroatoms. The number of halogens is 4. The van der Waals surface area contributed by atoms with E-state index in [1.54, 1.807) is 0 Å². The molecule has 0 saturated carbocycles. The van der Waals surface area contributed by atoms with E-state index < -0.39 is 15.6 Å². The third-order valence-corrected chi connectivity index (χ3v) is 6.40. The Morgan fingerprint density at radius 2 is 0.826 bits per heavy atom. The van der Waals surface area contributed by atoms with Gasteiger partial charge in [0.05, 0.1) is 26.4 Å². The molecule has 0 saturated heterocycles. The summed E-state index contributed by atoms with van der Waals surface area (Å²) in [6, 6.07) is 0. The van der Waals surface area contributed by atoms with E-state index in [1.165, 1.54) is 0 Å². The van der Waals surface area contributed by atoms with Crippen molar-refractivity contribution in [3.8, 4) is 0 Å². The van der Waals surface area contributed by atoms with Crippen LogP contribution in [0.5, 0.6) is 0 Å². The van der Waals surface area contributed by atoms with Gasteiger partial charge in [-0.05, 0) is 0 Å². The maximum atomic E-state index is 12.4. The Bertz CT molecular complexity index is 319. The van der Waals surface area contributed by atoms with Gasteiger partial charge >= 0.3 is 15.6 Å². The highest BCUT2D eigenvalue weighted by molar-refractivity contribution is 9.09. The minimum absolute atomic E-state index is 0.0520. The van der Waals surface area contributed by atoms with E-state index in [-0.39, 0.29) is 26.4 Å². The molecule has 0 amide bonds. The van der Waals surface area contributed by atoms with Crippen LogP contribution in [0.3, 0.4) is 0 Å². The summed E-state index contributed by atoms with van der Waals surface area (Å²) in [5.41, 5.74) is 0. The molecule has 0 aromatic rings. The quantitative estimate of drug-likeness (QED) is 0.139. The second kappa shape index (κ2) is 17.3. The lowest BCUT2D eigenvalue weighted by Gasteiger charge is -2.22. The maximum absolute atomic E-state index is 12.4. The van der Waals surface area contributed by atoms with Crippen molar-refractivity contribution in [3.05, 3.63) is 13.2 Å². The Morgan fingerprint density at radius 1 is 0.609 bits per heavy atom. The van der Waals surface area contributed by atoms with Crippen molar-refractivity contribution in [1.29, 1.82) is 0 Å². The van der Waals surface area contributed by atoms with Gasteiger partial charge in [0.15, 0.2) is 0 Å². The molecule has 0 N–H and O–H groups in total. The van der Waals surface area contributed by atoms with Gasteiger partial charge in [0, 0.05) is 21.3 Å². The number of phosphoric ester groups is 2. The lowest BCUT2D eigenvalue weighted by molar-refractivity contribution is 0.122. The number of alkyl halides is 4. The van der Waals surface area contributed by atoms with Crippen LogP contribution in [-0.2, 0) is 31.5 Å². The highest BCUT2D eigenvalue weighted by atomic mass is 79.9. The summed E-state index contributed by atoms with van der Waals surface area (Å²) < 4.78 is 49.9. The molecular weight excluding hydrogens is 614 g/mol. The van der Waals surface area contributed by atoms with Crippen molar-refractivity contribution < 1.29 is 31.5 Å². The molecule has 0 fully saturated rings. The molecular formula is C10H20Br4O7P2. The summed E-state index contributed by atoms with van der Waals surface area (Å²) in [7, 11) is -8.12. The normalized spacial score (nSPS) is 11.8. The number of phosphoric acid groups is 2. The third kappa shape index (κ3) is 14.7. The minimum atomic E-state index is -4.06. The van der Waals surface area contributed by atoms with E-state index >= 15 is 0 Å². The second-order valence-corrected chi connectivity index (χ2v) is 9.71. The van der Waals surface area contributed by atoms with Gasteiger partial charge in [0.2, 0.25) is 0 Å². The Balaban J connectivity index is 0. The number of hydrogen-bond acceptors (Lipinski definition) is 7. The zero-order valence-corrected chi connectivity index (χ0v) is 20.5. The van der Waals surface area contributed by atoms with Crippen LogP contribution >= 0.6 is 79.4 Å². The van der Waals surface area contributed by atoms with Crippen molar-refractivity contribution in [2.24, 2.45) is 0 Å². The van der Waals surface area contributed by atoms with Crippen LogP contribution in [0, 0.1) is 0 Å². The molecule has 0 aromatic carbocycles. The van der Waals surface area contributed by atoms with Crippen molar-refractivity contribution in [2.45, 2.75) is 0 Å². The van der Waals surface area contributed by atoms with E-state index in [1.807, 2.05) is 0 Å². The van der Waals surface area contributed by atoms with Gasteiger partial charge in [-0.3, -0.25) is 18.1 Å². The fourth-order valence-electron chi connectivity index (χ4n) is 0.877. The third-order valence-electron chi connectivity index (χ3n) is 1.51. The molecule has 0 radical (unpaired) electrons. The fraction of sp³-hybridized carbons (Fsp3) is 0.800. The summed E-state index contributed by atoms with van der Waals surface area (Å²) in [4.78, 5) is 0. The molecule has 0 aliphatic heterocycles. The van der Waals surface area contributed by atoms with Gasteiger partial charge in [-0.2, -0.15) is 4.31 Å². The Labute approximate surface area is 170 Å². The molecule has 0 aromatic heterocycles. The molecule has 140 valence electrons. The van der Waals surface area contributed by atoms with E-state index in [0.717, 1.165) is 0 Å². The molecule has 0 spiro atoms. The van der Waals surface area contributed by atoms with Gasteiger partial charge < -0.3 is 0 Å². The summed E-state index contributed by atoms with van der Waals surface area (Å²) in [6.45, 7) is 6.21. The molecule has 0 heterocycles. The van der Waals surface area contributed by atoms with Crippen molar-refractivity contribution in [3.63, 3.8) is 0 Å². The first kappa shape index (κ1) is 27.1. The average Bonchev–Trinajstić information content (AvgIpc) is 2.56. The molecule has 0 aliphatic carbocycles. The standard InChI is InChI=1S/C8H16Br4O7P2.C2H4/c9-1-5-15-20(13,16-6-2-10)19-21(14,17-7-3-11)18-8-4-12;1-2/h1-8H2;1-2H2. The van der Waals surface area contributed by atoms with E-state index in [2.05, 4.69) is 76.9 Å². The SMILES string of the molecule is C=C.O=P(OCCBr)(OCCBr)OP(=O)(OCCBr)OCCBr. The van der Waals surface area contributed by atoms with Crippen LogP contribution < -0.4 is 0 Å². The Morgan fingerprint density at radius 3 is 1.00 bits per heavy atom. The first-order valence-corrected chi connectivity index (χ1v) is 13.6. The summed E-state index contributed by atoms with van der Waals surface area (Å²) in [6.07, 6.45) is 0. The van der Waals surface area contributed by atoms with E-state index in [9.17, 15) is 9.13 Å². The predicted octanol–water partition coefficient (Wildman–Crippen LogP) is 5.67. The maximum Gasteiger partial charge on any atom is 0.483 e. The van der Waals surface area contributed by atoms with E-state index in [0.29, 0.717) is 21.3 Å². The second-order valence-electron chi connectivity index (χ2n) is 3.06. The lowest BCUT2D eigenvalue weighted by atomic mass is 10.9.